The molecule has 2 amide bonds. The topological polar surface area (TPSA) is 140 Å². The van der Waals surface area contributed by atoms with Crippen LogP contribution in [-0.2, 0) is 30.5 Å². The van der Waals surface area contributed by atoms with Crippen LogP contribution in [0.1, 0.15) is 39.9 Å². The first-order chi connectivity index (χ1) is 24.3. The van der Waals surface area contributed by atoms with Crippen LogP contribution in [0.25, 0.3) is 5.78 Å². The second-order valence-corrected chi connectivity index (χ2v) is 12.7. The van der Waals surface area contributed by atoms with E-state index in [0.717, 1.165) is 28.3 Å². The molecule has 13 nitrogen and oxygen atoms in total. The van der Waals surface area contributed by atoms with Crippen molar-refractivity contribution >= 4 is 56.5 Å². The van der Waals surface area contributed by atoms with Crippen LogP contribution in [0.2, 0.25) is 5.02 Å². The Morgan fingerprint density at radius 3 is 2.45 bits per heavy atom. The molecule has 1 aliphatic heterocycles. The fraction of sp³-hybridized carbons (Fsp3) is 0.303. The van der Waals surface area contributed by atoms with Crippen LogP contribution >= 0.6 is 27.5 Å². The third-order valence-electron chi connectivity index (χ3n) is 8.30. The molecule has 2 aromatic carbocycles. The number of carbonyl (C=O) groups excluding carboxylic acids is 2. The van der Waals surface area contributed by atoms with E-state index in [1.807, 2.05) is 42.2 Å². The van der Waals surface area contributed by atoms with Crippen molar-refractivity contribution in [2.45, 2.75) is 39.6 Å². The quantitative estimate of drug-likeness (QED) is 0.215. The molecule has 5 aromatic rings. The lowest BCUT2D eigenvalue weighted by Crippen LogP contribution is -2.51. The van der Waals surface area contributed by atoms with E-state index < -0.39 is 23.2 Å². The highest BCUT2D eigenvalue weighted by Gasteiger charge is 2.32. The lowest BCUT2D eigenvalue weighted by molar-refractivity contribution is -0.137. The standard InChI is InChI=1S/C33H30BrClF3N9O4/c1-3-24-27(44-11-13-45(14-12-44)29(49)26-28(19(2)39-18-40-26)51-17-20-7-5-4-6-8-20)30(50)47-32(42-31(34)43-47)46(24)16-25(48)41-23-10-9-21(15-22(23)35)33(36,37)38/h4-10,15,18H,3,11-14,16-17H2,1-2H3,(H,41,48). The first-order valence-corrected chi connectivity index (χ1v) is 16.9. The predicted molar refractivity (Wildman–Crippen MR) is 185 cm³/mol. The molecule has 0 aliphatic carbocycles. The van der Waals surface area contributed by atoms with Crippen LogP contribution in [0.15, 0.2) is 64.4 Å². The van der Waals surface area contributed by atoms with Crippen LogP contribution < -0.4 is 20.5 Å². The van der Waals surface area contributed by atoms with Crippen molar-refractivity contribution in [2.75, 3.05) is 36.4 Å². The number of hydrogen-bond donors (Lipinski definition) is 1. The van der Waals surface area contributed by atoms with Crippen molar-refractivity contribution in [1.82, 2.24) is 34.0 Å². The Hall–Kier alpha value is -5.03. The van der Waals surface area contributed by atoms with Crippen LogP contribution in [0.3, 0.4) is 0 Å². The highest BCUT2D eigenvalue weighted by atomic mass is 79.9. The summed E-state index contributed by atoms with van der Waals surface area (Å²) >= 11 is 9.28. The molecule has 0 spiro atoms. The number of rotatable bonds is 9. The fourth-order valence-corrected chi connectivity index (χ4v) is 6.38. The molecule has 1 fully saturated rings. The molecule has 18 heteroatoms. The summed E-state index contributed by atoms with van der Waals surface area (Å²) < 4.78 is 48.1. The molecule has 0 saturated carbocycles. The van der Waals surface area contributed by atoms with Crippen molar-refractivity contribution in [2.24, 2.45) is 0 Å². The van der Waals surface area contributed by atoms with E-state index in [4.69, 9.17) is 16.3 Å². The maximum atomic E-state index is 13.9. The van der Waals surface area contributed by atoms with E-state index in [1.54, 1.807) is 11.8 Å². The SMILES string of the molecule is CCc1c(N2CCN(C(=O)c3ncnc(C)c3OCc3ccccc3)CC2)c(=O)n2nc(Br)nc2n1CC(=O)Nc1ccc(C(F)(F)F)cc1Cl. The van der Waals surface area contributed by atoms with Gasteiger partial charge in [0.25, 0.3) is 11.5 Å². The number of halogens is 5. The Kier molecular flexibility index (Phi) is 10.3. The van der Waals surface area contributed by atoms with Gasteiger partial charge >= 0.3 is 6.18 Å². The third kappa shape index (κ3) is 7.54. The highest BCUT2D eigenvalue weighted by Crippen LogP contribution is 2.34. The Morgan fingerprint density at radius 2 is 1.78 bits per heavy atom. The van der Waals surface area contributed by atoms with E-state index in [2.05, 4.69) is 41.3 Å². The van der Waals surface area contributed by atoms with Crippen molar-refractivity contribution in [3.05, 3.63) is 103 Å². The predicted octanol–water partition coefficient (Wildman–Crippen LogP) is 5.17. The van der Waals surface area contributed by atoms with Gasteiger partial charge in [-0.25, -0.2) is 9.97 Å². The lowest BCUT2D eigenvalue weighted by atomic mass is 10.2. The maximum Gasteiger partial charge on any atom is 0.416 e. The van der Waals surface area contributed by atoms with Gasteiger partial charge in [0.2, 0.25) is 16.4 Å². The summed E-state index contributed by atoms with van der Waals surface area (Å²) in [6.07, 6.45) is -2.98. The molecule has 1 aliphatic rings. The Labute approximate surface area is 302 Å². The van der Waals surface area contributed by atoms with Crippen LogP contribution in [0, 0.1) is 6.92 Å². The van der Waals surface area contributed by atoms with Gasteiger partial charge < -0.3 is 24.4 Å². The van der Waals surface area contributed by atoms with Gasteiger partial charge in [0, 0.05) is 26.2 Å². The second-order valence-electron chi connectivity index (χ2n) is 11.6. The Morgan fingerprint density at radius 1 is 1.06 bits per heavy atom. The number of ether oxygens (including phenoxy) is 1. The summed E-state index contributed by atoms with van der Waals surface area (Å²) in [5.41, 5.74) is 0.895. The minimum atomic E-state index is -4.60. The van der Waals surface area contributed by atoms with Gasteiger partial charge in [-0.3, -0.25) is 14.4 Å². The van der Waals surface area contributed by atoms with Crippen molar-refractivity contribution in [3.63, 3.8) is 0 Å². The van der Waals surface area contributed by atoms with Gasteiger partial charge in [-0.15, -0.1) is 5.10 Å². The molecular weight excluding hydrogens is 759 g/mol. The number of piperazine rings is 1. The zero-order valence-electron chi connectivity index (χ0n) is 27.2. The number of alkyl halides is 3. The molecule has 266 valence electrons. The van der Waals surface area contributed by atoms with Crippen LogP contribution in [-0.4, -0.2) is 72.0 Å². The van der Waals surface area contributed by atoms with Gasteiger partial charge in [0.1, 0.15) is 25.2 Å². The average Bonchev–Trinajstić information content (AvgIpc) is 3.51. The first-order valence-electron chi connectivity index (χ1n) is 15.7. The monoisotopic (exact) mass is 787 g/mol. The largest absolute Gasteiger partial charge is 0.485 e. The number of aromatic nitrogens is 6. The summed E-state index contributed by atoms with van der Waals surface area (Å²) in [7, 11) is 0. The number of carbonyl (C=O) groups is 2. The average molecular weight is 789 g/mol. The summed E-state index contributed by atoms with van der Waals surface area (Å²) in [4.78, 5) is 57.2. The van der Waals surface area contributed by atoms with Crippen LogP contribution in [0.4, 0.5) is 24.5 Å². The van der Waals surface area contributed by atoms with Gasteiger partial charge in [-0.05, 0) is 53.0 Å². The normalized spacial score (nSPS) is 13.5. The molecule has 1 N–H and O–H groups in total. The van der Waals surface area contributed by atoms with Crippen LogP contribution in [0.5, 0.6) is 5.75 Å². The number of fused-ring (bicyclic) bond motifs is 1. The van der Waals surface area contributed by atoms with Crippen molar-refractivity contribution < 1.29 is 27.5 Å². The van der Waals surface area contributed by atoms with Gasteiger partial charge in [-0.1, -0.05) is 48.9 Å². The molecular formula is C33H30BrClF3N9O4. The van der Waals surface area contributed by atoms with E-state index in [9.17, 15) is 27.6 Å². The molecule has 3 aromatic heterocycles. The highest BCUT2D eigenvalue weighted by molar-refractivity contribution is 9.10. The fourth-order valence-electron chi connectivity index (χ4n) is 5.83. The molecule has 4 heterocycles. The van der Waals surface area contributed by atoms with E-state index in [0.29, 0.717) is 23.6 Å². The summed E-state index contributed by atoms with van der Waals surface area (Å²) in [6.45, 7) is 4.45. The third-order valence-corrected chi connectivity index (χ3v) is 8.95. The van der Waals surface area contributed by atoms with Crippen molar-refractivity contribution in [1.29, 1.82) is 0 Å². The first kappa shape index (κ1) is 35.8. The van der Waals surface area contributed by atoms with Gasteiger partial charge in [-0.2, -0.15) is 22.7 Å². The van der Waals surface area contributed by atoms with E-state index in [-0.39, 0.29) is 77.8 Å². The smallest absolute Gasteiger partial charge is 0.416 e. The molecule has 0 atom stereocenters. The minimum Gasteiger partial charge on any atom is -0.485 e. The summed E-state index contributed by atoms with van der Waals surface area (Å²) in [6, 6.07) is 12.1. The number of nitrogens with zero attached hydrogens (tertiary/aromatic N) is 8. The zero-order chi connectivity index (χ0) is 36.4. The van der Waals surface area contributed by atoms with Gasteiger partial charge in [0.05, 0.1) is 27.7 Å². The minimum absolute atomic E-state index is 0.0130. The summed E-state index contributed by atoms with van der Waals surface area (Å²) in [5, 5.41) is 6.45. The Bertz CT molecular complexity index is 2170. The molecule has 0 bridgehead atoms. The van der Waals surface area contributed by atoms with Gasteiger partial charge in [0.15, 0.2) is 11.4 Å². The molecule has 6 rings (SSSR count). The number of anilines is 2. The zero-order valence-corrected chi connectivity index (χ0v) is 29.6. The Balaban J connectivity index is 1.23. The van der Waals surface area contributed by atoms with E-state index in [1.165, 1.54) is 10.9 Å². The lowest BCUT2D eigenvalue weighted by Gasteiger charge is -2.36. The maximum absolute atomic E-state index is 13.9. The number of nitrogens with one attached hydrogen (secondary N) is 1. The van der Waals surface area contributed by atoms with Crippen molar-refractivity contribution in [3.8, 4) is 5.75 Å². The number of hydrogen-bond acceptors (Lipinski definition) is 9. The number of benzene rings is 2. The molecule has 0 radical (unpaired) electrons. The van der Waals surface area contributed by atoms with E-state index >= 15 is 0 Å². The molecule has 51 heavy (non-hydrogen) atoms. The molecule has 1 saturated heterocycles. The number of amides is 2. The second kappa shape index (κ2) is 14.7. The summed E-state index contributed by atoms with van der Waals surface area (Å²) in [5.74, 6) is -0.589. The molecule has 0 unspecified atom stereocenters. The number of aryl methyl sites for hydroxylation is 1.